The third-order valence-corrected chi connectivity index (χ3v) is 5.59. The molecule has 2 N–H and O–H groups in total. The quantitative estimate of drug-likeness (QED) is 0.250. The Morgan fingerprint density at radius 3 is 2.42 bits per heavy atom. The van der Waals surface area contributed by atoms with Gasteiger partial charge in [0.2, 0.25) is 5.78 Å². The lowest BCUT2D eigenvalue weighted by atomic mass is 10.1. The molecule has 0 atom stereocenters. The number of piperazine rings is 1. The van der Waals surface area contributed by atoms with Crippen molar-refractivity contribution in [1.29, 1.82) is 0 Å². The van der Waals surface area contributed by atoms with Crippen LogP contribution in [0.1, 0.15) is 11.1 Å². The number of aromatic nitrogens is 1. The third-order valence-electron chi connectivity index (χ3n) is 5.59. The first-order chi connectivity index (χ1) is 17.9. The maximum Gasteiger partial charge on any atom is 0.419 e. The number of nitrogens with two attached hydrogens (primary N) is 1. The second kappa shape index (κ2) is 11.9. The minimum Gasteiger partial charge on any atom is -0.398 e. The van der Waals surface area contributed by atoms with Gasteiger partial charge in [-0.05, 0) is 30.3 Å². The fourth-order valence-corrected chi connectivity index (χ4v) is 3.62. The Kier molecular flexibility index (Phi) is 8.87. The minimum absolute atomic E-state index is 0.0400. The highest BCUT2D eigenvalue weighted by Gasteiger charge is 2.36. The van der Waals surface area contributed by atoms with Gasteiger partial charge in [-0.15, -0.1) is 0 Å². The number of pyridine rings is 1. The van der Waals surface area contributed by atoms with E-state index in [2.05, 4.69) is 16.6 Å². The van der Waals surface area contributed by atoms with Crippen LogP contribution in [0.5, 0.6) is 0 Å². The zero-order valence-corrected chi connectivity index (χ0v) is 20.8. The summed E-state index contributed by atoms with van der Waals surface area (Å²) in [6.07, 6.45) is 0.930. The summed E-state index contributed by atoms with van der Waals surface area (Å²) in [5.74, 6) is -2.58. The van der Waals surface area contributed by atoms with Crippen LogP contribution in [0.4, 0.5) is 27.8 Å². The fourth-order valence-electron chi connectivity index (χ4n) is 3.62. The van der Waals surface area contributed by atoms with Crippen LogP contribution < -0.4 is 10.6 Å². The first kappa shape index (κ1) is 28.4. The number of rotatable bonds is 7. The van der Waals surface area contributed by atoms with Gasteiger partial charge in [-0.1, -0.05) is 6.58 Å². The average Bonchev–Trinajstić information content (AvgIpc) is 2.87. The van der Waals surface area contributed by atoms with E-state index in [4.69, 9.17) is 5.73 Å². The molecule has 1 aliphatic heterocycles. The lowest BCUT2D eigenvalue weighted by Gasteiger charge is -2.37. The Morgan fingerprint density at radius 1 is 1.13 bits per heavy atom. The molecule has 1 aromatic carbocycles. The van der Waals surface area contributed by atoms with Crippen LogP contribution in [0.25, 0.3) is 5.70 Å². The number of carbonyl (C=O) groups is 1. The van der Waals surface area contributed by atoms with E-state index in [1.807, 2.05) is 0 Å². The SMILES string of the molecule is C=C(/N=C(\C=C(/N)c1ccc(F)c(F)c1)N1CCN(c2ncccc2C(F)(F)F)CC1)C(=O)/C=C\N(C)C. The van der Waals surface area contributed by atoms with Gasteiger partial charge < -0.3 is 20.4 Å². The van der Waals surface area contributed by atoms with Crippen LogP contribution >= 0.6 is 0 Å². The molecule has 0 saturated carbocycles. The summed E-state index contributed by atoms with van der Waals surface area (Å²) in [5, 5.41) is 0. The van der Waals surface area contributed by atoms with Gasteiger partial charge in [0.25, 0.3) is 0 Å². The maximum atomic E-state index is 13.8. The molecular weight excluding hydrogens is 507 g/mol. The van der Waals surface area contributed by atoms with Gasteiger partial charge >= 0.3 is 6.18 Å². The molecule has 0 unspecified atom stereocenters. The van der Waals surface area contributed by atoms with E-state index in [9.17, 15) is 26.7 Å². The summed E-state index contributed by atoms with van der Waals surface area (Å²) in [7, 11) is 3.47. The Balaban J connectivity index is 1.90. The van der Waals surface area contributed by atoms with Crippen LogP contribution in [0.3, 0.4) is 0 Å². The number of amidine groups is 1. The number of ketones is 1. The fraction of sp³-hybridized carbons (Fsp3) is 0.269. The number of nitrogens with zero attached hydrogens (tertiary/aromatic N) is 5. The van der Waals surface area contributed by atoms with Crippen molar-refractivity contribution in [2.45, 2.75) is 6.18 Å². The second-order valence-electron chi connectivity index (χ2n) is 8.64. The molecule has 2 heterocycles. The number of aliphatic imine (C=N–C) groups is 1. The highest BCUT2D eigenvalue weighted by atomic mass is 19.4. The topological polar surface area (TPSA) is 78.1 Å². The van der Waals surface area contributed by atoms with Gasteiger partial charge in [0.05, 0.1) is 5.56 Å². The number of benzene rings is 1. The predicted octanol–water partition coefficient (Wildman–Crippen LogP) is 4.06. The summed E-state index contributed by atoms with van der Waals surface area (Å²) in [6.45, 7) is 4.47. The smallest absolute Gasteiger partial charge is 0.398 e. The second-order valence-corrected chi connectivity index (χ2v) is 8.64. The summed E-state index contributed by atoms with van der Waals surface area (Å²) < 4.78 is 67.6. The molecule has 202 valence electrons. The molecule has 1 aliphatic rings. The van der Waals surface area contributed by atoms with E-state index >= 15 is 0 Å². The average molecular weight is 535 g/mol. The monoisotopic (exact) mass is 534 g/mol. The summed E-state index contributed by atoms with van der Waals surface area (Å²) in [6, 6.07) is 5.35. The van der Waals surface area contributed by atoms with E-state index in [1.54, 1.807) is 23.9 Å². The molecule has 0 bridgehead atoms. The summed E-state index contributed by atoms with van der Waals surface area (Å²) in [5.41, 5.74) is 5.42. The van der Waals surface area contributed by atoms with Gasteiger partial charge in [0.15, 0.2) is 11.6 Å². The Labute approximate surface area is 217 Å². The van der Waals surface area contributed by atoms with Crippen molar-refractivity contribution in [3.8, 4) is 0 Å². The van der Waals surface area contributed by atoms with Crippen LogP contribution in [-0.2, 0) is 11.0 Å². The van der Waals surface area contributed by atoms with Crippen molar-refractivity contribution < 1.29 is 26.7 Å². The van der Waals surface area contributed by atoms with Crippen molar-refractivity contribution in [2.24, 2.45) is 10.7 Å². The molecular formula is C26H27F5N6O. The minimum atomic E-state index is -4.56. The van der Waals surface area contributed by atoms with Gasteiger partial charge in [0, 0.05) is 76.1 Å². The number of anilines is 1. The number of hydrogen-bond acceptors (Lipinski definition) is 6. The third kappa shape index (κ3) is 7.17. The number of hydrogen-bond donors (Lipinski definition) is 1. The van der Waals surface area contributed by atoms with Crippen LogP contribution in [-0.4, -0.2) is 66.7 Å². The molecule has 1 saturated heterocycles. The molecule has 1 aromatic heterocycles. The lowest BCUT2D eigenvalue weighted by Crippen LogP contribution is -2.49. The highest BCUT2D eigenvalue weighted by molar-refractivity contribution is 6.07. The molecule has 0 aliphatic carbocycles. The van der Waals surface area contributed by atoms with Crippen molar-refractivity contribution in [1.82, 2.24) is 14.8 Å². The first-order valence-electron chi connectivity index (χ1n) is 11.5. The molecule has 38 heavy (non-hydrogen) atoms. The highest BCUT2D eigenvalue weighted by Crippen LogP contribution is 2.35. The van der Waals surface area contributed by atoms with E-state index in [1.165, 1.54) is 41.6 Å². The predicted molar refractivity (Wildman–Crippen MR) is 136 cm³/mol. The zero-order valence-electron chi connectivity index (χ0n) is 20.8. The van der Waals surface area contributed by atoms with Gasteiger partial charge in [-0.3, -0.25) is 4.79 Å². The van der Waals surface area contributed by atoms with Gasteiger partial charge in [-0.2, -0.15) is 13.2 Å². The lowest BCUT2D eigenvalue weighted by molar-refractivity contribution is -0.137. The Hall–Kier alpha value is -4.22. The molecule has 12 heteroatoms. The van der Waals surface area contributed by atoms with Crippen molar-refractivity contribution in [3.05, 3.63) is 89.9 Å². The van der Waals surface area contributed by atoms with Crippen LogP contribution in [0.15, 0.2) is 72.1 Å². The normalized spacial score (nSPS) is 15.2. The van der Waals surface area contributed by atoms with E-state index < -0.39 is 29.2 Å². The summed E-state index contributed by atoms with van der Waals surface area (Å²) in [4.78, 5) is 25.6. The molecule has 3 rings (SSSR count). The van der Waals surface area contributed by atoms with Crippen LogP contribution in [0.2, 0.25) is 0 Å². The molecule has 2 aromatic rings. The standard InChI is InChI=1S/C26H27F5N6O/c1-17(23(38)8-10-35(2)3)34-24(16-22(32)18-6-7-20(27)21(28)15-18)36-11-13-37(14-12-36)25-19(26(29,30)31)5-4-9-33-25/h4-10,15-16H,1,11-14,32H2,2-3H3/b10-8-,22-16-,34-24+. The number of allylic oxidation sites excluding steroid dienone is 1. The number of alkyl halides is 3. The van der Waals surface area contributed by atoms with Gasteiger partial charge in [-0.25, -0.2) is 18.8 Å². The molecule has 0 radical (unpaired) electrons. The largest absolute Gasteiger partial charge is 0.419 e. The van der Waals surface area contributed by atoms with Crippen LogP contribution in [0, 0.1) is 11.6 Å². The van der Waals surface area contributed by atoms with Crippen molar-refractivity contribution in [2.75, 3.05) is 45.2 Å². The maximum absolute atomic E-state index is 13.8. The van der Waals surface area contributed by atoms with E-state index in [0.29, 0.717) is 0 Å². The molecule has 7 nitrogen and oxygen atoms in total. The first-order valence-corrected chi connectivity index (χ1v) is 11.5. The number of carbonyl (C=O) groups excluding carboxylic acids is 1. The number of halogens is 5. The Bertz CT molecular complexity index is 1280. The Morgan fingerprint density at radius 2 is 1.82 bits per heavy atom. The van der Waals surface area contributed by atoms with Crippen molar-refractivity contribution >= 4 is 23.1 Å². The molecule has 0 spiro atoms. The molecule has 1 fully saturated rings. The van der Waals surface area contributed by atoms with E-state index in [0.717, 1.165) is 18.2 Å². The molecule has 0 amide bonds. The zero-order chi connectivity index (χ0) is 28.0. The summed E-state index contributed by atoms with van der Waals surface area (Å²) >= 11 is 0. The van der Waals surface area contributed by atoms with E-state index in [-0.39, 0.29) is 54.8 Å². The van der Waals surface area contributed by atoms with Crippen molar-refractivity contribution in [3.63, 3.8) is 0 Å². The van der Waals surface area contributed by atoms with Gasteiger partial charge in [0.1, 0.15) is 17.4 Å².